The molecule has 4 nitrogen and oxygen atoms in total. The zero-order valence-corrected chi connectivity index (χ0v) is 11.4. The van der Waals surface area contributed by atoms with Crippen molar-refractivity contribution < 1.29 is 10.0 Å². The van der Waals surface area contributed by atoms with E-state index in [1.807, 2.05) is 6.07 Å². The van der Waals surface area contributed by atoms with Crippen molar-refractivity contribution in [1.29, 1.82) is 0 Å². The first-order valence-electron chi connectivity index (χ1n) is 4.57. The summed E-state index contributed by atoms with van der Waals surface area (Å²) in [6.45, 7) is 3.31. The molecule has 0 bridgehead atoms. The summed E-state index contributed by atoms with van der Waals surface area (Å²) < 4.78 is 0.809. The number of carbonyl (C=O) groups excluding carboxylic acids is 1. The molecule has 3 N–H and O–H groups in total. The van der Waals surface area contributed by atoms with Crippen LogP contribution in [0.3, 0.4) is 0 Å². The summed E-state index contributed by atoms with van der Waals surface area (Å²) in [5.74, 6) is -0.483. The number of amides is 1. The van der Waals surface area contributed by atoms with E-state index in [0.717, 1.165) is 20.9 Å². The van der Waals surface area contributed by atoms with E-state index in [2.05, 4.69) is 15.9 Å². The topological polar surface area (TPSA) is 66.6 Å². The van der Waals surface area contributed by atoms with Crippen molar-refractivity contribution in [3.05, 3.63) is 28.7 Å². The van der Waals surface area contributed by atoms with E-state index in [1.165, 1.54) is 0 Å². The predicted octanol–water partition coefficient (Wildman–Crippen LogP) is 2.56. The van der Waals surface area contributed by atoms with Gasteiger partial charge in [-0.3, -0.25) is 10.0 Å². The maximum absolute atomic E-state index is 11.1. The summed E-state index contributed by atoms with van der Waals surface area (Å²) in [6.07, 6.45) is 0. The van der Waals surface area contributed by atoms with Crippen LogP contribution in [0.4, 0.5) is 5.69 Å². The number of hydrogen-bond acceptors (Lipinski definition) is 4. The van der Waals surface area contributed by atoms with Crippen LogP contribution in [0.2, 0.25) is 0 Å². The first kappa shape index (κ1) is 13.3. The Morgan fingerprint density at radius 2 is 2.06 bits per heavy atom. The normalized spacial score (nSPS) is 11.2. The summed E-state index contributed by atoms with van der Waals surface area (Å²) in [5.41, 5.74) is 5.80. The van der Waals surface area contributed by atoms with Gasteiger partial charge in [0.2, 0.25) is 5.91 Å². The highest BCUT2D eigenvalue weighted by molar-refractivity contribution is 9.10. The van der Waals surface area contributed by atoms with Gasteiger partial charge in [-0.25, -0.2) is 0 Å². The van der Waals surface area contributed by atoms with Crippen molar-refractivity contribution >= 4 is 39.5 Å². The Kier molecular flexibility index (Phi) is 4.23. The lowest BCUT2D eigenvalue weighted by Crippen LogP contribution is -2.37. The van der Waals surface area contributed by atoms with E-state index in [0.29, 0.717) is 5.69 Å². The minimum atomic E-state index is -0.871. The van der Waals surface area contributed by atoms with E-state index >= 15 is 0 Å². The fourth-order valence-corrected chi connectivity index (χ4v) is 2.27. The van der Waals surface area contributed by atoms with Gasteiger partial charge >= 0.3 is 0 Å². The minimum Gasteiger partial charge on any atom is -0.368 e. The van der Waals surface area contributed by atoms with Gasteiger partial charge in [0.1, 0.15) is 4.75 Å². The van der Waals surface area contributed by atoms with Gasteiger partial charge in [-0.15, -0.1) is 0 Å². The molecule has 0 aliphatic carbocycles. The highest BCUT2D eigenvalue weighted by Crippen LogP contribution is 2.34. The fraction of sp³-hybridized carbons (Fsp3) is 0.300. The van der Waals surface area contributed by atoms with Crippen LogP contribution in [0, 0.1) is 0 Å². The molecule has 0 radical (unpaired) electrons. The number of rotatable bonds is 4. The number of benzene rings is 1. The molecule has 1 rings (SSSR count). The number of nitrogens with two attached hydrogens (primary N) is 1. The first-order chi connectivity index (χ1) is 7.34. The standard InChI is InChI=1S/C10H13BrN2O2S/c1-10(2,9(12)14)16-13(15)8-6-4-3-5-7(8)11/h3-6,15H,1-2H3,(H2,12,14). The second kappa shape index (κ2) is 5.07. The molecule has 1 aromatic carbocycles. The van der Waals surface area contributed by atoms with Gasteiger partial charge in [-0.1, -0.05) is 12.1 Å². The zero-order valence-electron chi connectivity index (χ0n) is 8.98. The van der Waals surface area contributed by atoms with Crippen molar-refractivity contribution in [2.45, 2.75) is 18.6 Å². The summed E-state index contributed by atoms with van der Waals surface area (Å²) in [5, 5.41) is 9.84. The van der Waals surface area contributed by atoms with Gasteiger partial charge in [0.25, 0.3) is 0 Å². The molecule has 0 atom stereocenters. The third-order valence-electron chi connectivity index (χ3n) is 1.97. The van der Waals surface area contributed by atoms with Gasteiger partial charge in [0.05, 0.1) is 5.69 Å². The lowest BCUT2D eigenvalue weighted by atomic mass is 10.2. The zero-order chi connectivity index (χ0) is 12.3. The van der Waals surface area contributed by atoms with E-state index in [9.17, 15) is 10.0 Å². The Hall–Kier alpha value is -0.720. The van der Waals surface area contributed by atoms with E-state index in [1.54, 1.807) is 32.0 Å². The van der Waals surface area contributed by atoms with Gasteiger partial charge in [-0.05, 0) is 53.9 Å². The lowest BCUT2D eigenvalue weighted by Gasteiger charge is -2.26. The molecule has 0 fully saturated rings. The molecule has 1 aromatic rings. The molecule has 0 saturated heterocycles. The third kappa shape index (κ3) is 3.13. The molecule has 6 heteroatoms. The van der Waals surface area contributed by atoms with Crippen LogP contribution in [0.25, 0.3) is 0 Å². The van der Waals surface area contributed by atoms with Gasteiger partial charge in [0.15, 0.2) is 0 Å². The molecule has 1 amide bonds. The third-order valence-corrected chi connectivity index (χ3v) is 3.66. The van der Waals surface area contributed by atoms with Crippen LogP contribution in [0.15, 0.2) is 28.7 Å². The SMILES string of the molecule is CC(C)(SN(O)c1ccccc1Br)C(N)=O. The van der Waals surface area contributed by atoms with E-state index in [4.69, 9.17) is 5.73 Å². The van der Waals surface area contributed by atoms with Crippen LogP contribution >= 0.6 is 27.9 Å². The number of nitrogens with zero attached hydrogens (tertiary/aromatic N) is 1. The van der Waals surface area contributed by atoms with Crippen LogP contribution in [-0.4, -0.2) is 15.9 Å². The molecule has 0 aliphatic rings. The van der Waals surface area contributed by atoms with Gasteiger partial charge in [0, 0.05) is 4.47 Å². The summed E-state index contributed by atoms with van der Waals surface area (Å²) in [4.78, 5) is 11.1. The quantitative estimate of drug-likeness (QED) is 0.663. The maximum Gasteiger partial charge on any atom is 0.235 e. The Morgan fingerprint density at radius 3 is 2.56 bits per heavy atom. The number of halogens is 1. The van der Waals surface area contributed by atoms with Crippen LogP contribution in [0.5, 0.6) is 0 Å². The lowest BCUT2D eigenvalue weighted by molar-refractivity contribution is -0.119. The average Bonchev–Trinajstić information content (AvgIpc) is 2.17. The summed E-state index contributed by atoms with van der Waals surface area (Å²) in [7, 11) is 0. The smallest absolute Gasteiger partial charge is 0.235 e. The van der Waals surface area contributed by atoms with Crippen LogP contribution < -0.4 is 10.2 Å². The van der Waals surface area contributed by atoms with Gasteiger partial charge < -0.3 is 5.73 Å². The number of carbonyl (C=O) groups is 1. The molecule has 16 heavy (non-hydrogen) atoms. The first-order valence-corrected chi connectivity index (χ1v) is 6.14. The van der Waals surface area contributed by atoms with E-state index in [-0.39, 0.29) is 0 Å². The monoisotopic (exact) mass is 304 g/mol. The number of hydrogen-bond donors (Lipinski definition) is 2. The van der Waals surface area contributed by atoms with Crippen LogP contribution in [-0.2, 0) is 4.79 Å². The molecule has 0 unspecified atom stereocenters. The maximum atomic E-state index is 11.1. The molecule has 88 valence electrons. The fourth-order valence-electron chi connectivity index (χ4n) is 0.917. The van der Waals surface area contributed by atoms with Crippen molar-refractivity contribution in [3.8, 4) is 0 Å². The second-order valence-electron chi connectivity index (χ2n) is 3.69. The van der Waals surface area contributed by atoms with Crippen molar-refractivity contribution in [2.24, 2.45) is 5.73 Å². The molecule has 0 saturated carbocycles. The molecule has 0 heterocycles. The summed E-state index contributed by atoms with van der Waals surface area (Å²) >= 11 is 4.27. The highest BCUT2D eigenvalue weighted by Gasteiger charge is 2.29. The molecule has 0 aromatic heterocycles. The van der Waals surface area contributed by atoms with E-state index < -0.39 is 10.7 Å². The molecule has 0 spiro atoms. The van der Waals surface area contributed by atoms with Crippen LogP contribution in [0.1, 0.15) is 13.8 Å². The molecular weight excluding hydrogens is 292 g/mol. The highest BCUT2D eigenvalue weighted by atomic mass is 79.9. The Labute approximate surface area is 107 Å². The minimum absolute atomic E-state index is 0.483. The summed E-state index contributed by atoms with van der Waals surface area (Å²) in [6, 6.07) is 7.16. The Morgan fingerprint density at radius 1 is 1.50 bits per heavy atom. The second-order valence-corrected chi connectivity index (χ2v) is 6.09. The van der Waals surface area contributed by atoms with Crippen molar-refractivity contribution in [3.63, 3.8) is 0 Å². The number of para-hydroxylation sites is 1. The molecule has 0 aliphatic heterocycles. The van der Waals surface area contributed by atoms with Crippen molar-refractivity contribution in [1.82, 2.24) is 0 Å². The number of primary amides is 1. The largest absolute Gasteiger partial charge is 0.368 e. The average molecular weight is 305 g/mol. The Bertz CT molecular complexity index is 398. The Balaban J connectivity index is 2.85. The van der Waals surface area contributed by atoms with Crippen molar-refractivity contribution in [2.75, 3.05) is 4.47 Å². The molecular formula is C10H13BrN2O2S. The van der Waals surface area contributed by atoms with Gasteiger partial charge in [-0.2, -0.15) is 4.47 Å². The predicted molar refractivity (Wildman–Crippen MR) is 69.3 cm³/mol. The number of anilines is 1.